The third kappa shape index (κ3) is 6.14. The number of nitrogens with two attached hydrogens (primary N) is 1. The second-order valence-electron chi connectivity index (χ2n) is 6.78. The molecule has 4 nitrogen and oxygen atoms in total. The molecule has 0 saturated heterocycles. The maximum absolute atomic E-state index is 12.1. The summed E-state index contributed by atoms with van der Waals surface area (Å²) in [6.45, 7) is 11.3. The monoisotopic (exact) mass is 311 g/mol. The van der Waals surface area contributed by atoms with Gasteiger partial charge in [0.1, 0.15) is 5.01 Å². The first-order valence-electron chi connectivity index (χ1n) is 7.65. The van der Waals surface area contributed by atoms with Gasteiger partial charge in [0, 0.05) is 17.5 Å². The van der Waals surface area contributed by atoms with Crippen LogP contribution in [-0.4, -0.2) is 17.4 Å². The van der Waals surface area contributed by atoms with E-state index < -0.39 is 0 Å². The van der Waals surface area contributed by atoms with Gasteiger partial charge in [0.05, 0.1) is 6.04 Å². The van der Waals surface area contributed by atoms with E-state index in [1.54, 1.807) is 11.3 Å². The molecular formula is C16H29N3OS. The Labute approximate surface area is 132 Å². The Hall–Kier alpha value is -0.940. The highest BCUT2D eigenvalue weighted by Gasteiger charge is 2.24. The third-order valence-electron chi connectivity index (χ3n) is 3.85. The van der Waals surface area contributed by atoms with Crippen LogP contribution in [0, 0.1) is 18.3 Å². The summed E-state index contributed by atoms with van der Waals surface area (Å²) < 4.78 is 0. The summed E-state index contributed by atoms with van der Waals surface area (Å²) in [7, 11) is 0. The van der Waals surface area contributed by atoms with Crippen molar-refractivity contribution in [1.82, 2.24) is 10.3 Å². The van der Waals surface area contributed by atoms with E-state index in [0.29, 0.717) is 18.9 Å². The van der Waals surface area contributed by atoms with Gasteiger partial charge in [-0.1, -0.05) is 20.8 Å². The van der Waals surface area contributed by atoms with Gasteiger partial charge in [-0.3, -0.25) is 4.79 Å². The molecule has 3 N–H and O–H groups in total. The second kappa shape index (κ2) is 7.90. The van der Waals surface area contributed by atoms with Crippen molar-refractivity contribution in [2.45, 2.75) is 59.9 Å². The smallest absolute Gasteiger partial charge is 0.220 e. The number of nitrogens with one attached hydrogen (secondary N) is 1. The molecule has 5 heteroatoms. The van der Waals surface area contributed by atoms with Gasteiger partial charge in [0.2, 0.25) is 5.91 Å². The summed E-state index contributed by atoms with van der Waals surface area (Å²) >= 11 is 1.63. The largest absolute Gasteiger partial charge is 0.347 e. The summed E-state index contributed by atoms with van der Waals surface area (Å²) in [5.41, 5.74) is 5.88. The summed E-state index contributed by atoms with van der Waals surface area (Å²) in [5.74, 6) is 0.576. The number of carbonyl (C=O) groups is 1. The zero-order valence-corrected chi connectivity index (χ0v) is 14.7. The van der Waals surface area contributed by atoms with E-state index in [9.17, 15) is 4.79 Å². The van der Waals surface area contributed by atoms with E-state index in [4.69, 9.17) is 5.73 Å². The zero-order chi connectivity index (χ0) is 16.0. The molecule has 0 spiro atoms. The van der Waals surface area contributed by atoms with Crippen molar-refractivity contribution < 1.29 is 4.79 Å². The average Bonchev–Trinajstić information content (AvgIpc) is 2.79. The summed E-state index contributed by atoms with van der Waals surface area (Å²) in [5, 5.41) is 4.00. The van der Waals surface area contributed by atoms with Crippen LogP contribution in [0.5, 0.6) is 0 Å². The Kier molecular flexibility index (Phi) is 6.81. The first-order chi connectivity index (χ1) is 9.74. The molecule has 0 aliphatic rings. The summed E-state index contributed by atoms with van der Waals surface area (Å²) in [6, 6.07) is -0.0150. The van der Waals surface area contributed by atoms with E-state index in [-0.39, 0.29) is 17.4 Å². The summed E-state index contributed by atoms with van der Waals surface area (Å²) in [4.78, 5) is 17.6. The van der Waals surface area contributed by atoms with Gasteiger partial charge < -0.3 is 11.1 Å². The van der Waals surface area contributed by atoms with Gasteiger partial charge in [-0.05, 0) is 44.6 Å². The Balaban J connectivity index is 2.46. The number of amides is 1. The van der Waals surface area contributed by atoms with Crippen molar-refractivity contribution in [2.75, 3.05) is 6.54 Å². The first-order valence-corrected chi connectivity index (χ1v) is 8.47. The van der Waals surface area contributed by atoms with E-state index in [0.717, 1.165) is 17.8 Å². The van der Waals surface area contributed by atoms with Crippen molar-refractivity contribution in [3.05, 3.63) is 16.1 Å². The maximum atomic E-state index is 12.1. The van der Waals surface area contributed by atoms with Crippen molar-refractivity contribution in [3.63, 3.8) is 0 Å². The molecule has 1 aromatic heterocycles. The highest BCUT2D eigenvalue weighted by molar-refractivity contribution is 7.11. The number of aryl methyl sites for hydroxylation is 1. The Morgan fingerprint density at radius 3 is 2.57 bits per heavy atom. The molecule has 0 fully saturated rings. The fourth-order valence-corrected chi connectivity index (χ4v) is 3.24. The quantitative estimate of drug-likeness (QED) is 0.810. The van der Waals surface area contributed by atoms with Gasteiger partial charge in [-0.15, -0.1) is 11.3 Å². The van der Waals surface area contributed by atoms with E-state index in [1.165, 1.54) is 4.88 Å². The number of rotatable bonds is 7. The van der Waals surface area contributed by atoms with Crippen LogP contribution in [0.4, 0.5) is 0 Å². The van der Waals surface area contributed by atoms with Crippen LogP contribution in [0.1, 0.15) is 62.9 Å². The lowest BCUT2D eigenvalue weighted by molar-refractivity contribution is -0.122. The number of carbonyl (C=O) groups excluding carboxylic acids is 1. The molecule has 0 bridgehead atoms. The Morgan fingerprint density at radius 1 is 1.43 bits per heavy atom. The molecule has 120 valence electrons. The lowest BCUT2D eigenvalue weighted by Gasteiger charge is -2.30. The fraction of sp³-hybridized carbons (Fsp3) is 0.750. The molecule has 0 aromatic carbocycles. The Morgan fingerprint density at radius 2 is 2.10 bits per heavy atom. The molecule has 2 atom stereocenters. The first kappa shape index (κ1) is 18.1. The molecule has 1 aromatic rings. The minimum atomic E-state index is -0.0150. The predicted octanol–water partition coefficient (Wildman–Crippen LogP) is 3.42. The standard InChI is InChI=1S/C16H29N3OS/c1-11-10-18-15(21-11)12(2)19-14(20)7-6-13(8-9-17)16(3,4)5/h10,12-13H,6-9,17H2,1-5H3,(H,19,20). The SMILES string of the molecule is Cc1cnc(C(C)NC(=O)CCC(CCN)C(C)(C)C)s1. The normalized spacial score (nSPS) is 14.8. The minimum absolute atomic E-state index is 0.0150. The minimum Gasteiger partial charge on any atom is -0.347 e. The number of nitrogens with zero attached hydrogens (tertiary/aromatic N) is 1. The third-order valence-corrected chi connectivity index (χ3v) is 4.94. The molecule has 1 rings (SSSR count). The molecule has 0 aliphatic carbocycles. The van der Waals surface area contributed by atoms with E-state index in [2.05, 4.69) is 31.1 Å². The van der Waals surface area contributed by atoms with Crippen LogP contribution in [-0.2, 0) is 4.79 Å². The van der Waals surface area contributed by atoms with Crippen molar-refractivity contribution in [2.24, 2.45) is 17.1 Å². The fourth-order valence-electron chi connectivity index (χ4n) is 2.46. The number of hydrogen-bond acceptors (Lipinski definition) is 4. The predicted molar refractivity (Wildman–Crippen MR) is 89.3 cm³/mol. The topological polar surface area (TPSA) is 68.0 Å². The van der Waals surface area contributed by atoms with Crippen LogP contribution in [0.2, 0.25) is 0 Å². The second-order valence-corrected chi connectivity index (χ2v) is 8.04. The van der Waals surface area contributed by atoms with Gasteiger partial charge in [-0.2, -0.15) is 0 Å². The van der Waals surface area contributed by atoms with Crippen LogP contribution >= 0.6 is 11.3 Å². The number of aromatic nitrogens is 1. The van der Waals surface area contributed by atoms with Crippen LogP contribution in [0.3, 0.4) is 0 Å². The molecule has 0 saturated carbocycles. The van der Waals surface area contributed by atoms with Gasteiger partial charge in [0.15, 0.2) is 0 Å². The lowest BCUT2D eigenvalue weighted by Crippen LogP contribution is -2.29. The molecule has 2 unspecified atom stereocenters. The lowest BCUT2D eigenvalue weighted by atomic mass is 9.76. The average molecular weight is 311 g/mol. The molecule has 1 amide bonds. The molecule has 1 heterocycles. The molecule has 0 aliphatic heterocycles. The van der Waals surface area contributed by atoms with E-state index >= 15 is 0 Å². The van der Waals surface area contributed by atoms with Crippen molar-refractivity contribution in [3.8, 4) is 0 Å². The Bertz CT molecular complexity index is 451. The van der Waals surface area contributed by atoms with Gasteiger partial charge >= 0.3 is 0 Å². The highest BCUT2D eigenvalue weighted by atomic mass is 32.1. The number of thiazole rings is 1. The maximum Gasteiger partial charge on any atom is 0.220 e. The van der Waals surface area contributed by atoms with Crippen LogP contribution < -0.4 is 11.1 Å². The molecule has 21 heavy (non-hydrogen) atoms. The molecular weight excluding hydrogens is 282 g/mol. The van der Waals surface area contributed by atoms with Gasteiger partial charge in [-0.25, -0.2) is 4.98 Å². The number of hydrogen-bond donors (Lipinski definition) is 2. The van der Waals surface area contributed by atoms with Crippen LogP contribution in [0.25, 0.3) is 0 Å². The van der Waals surface area contributed by atoms with E-state index in [1.807, 2.05) is 20.0 Å². The van der Waals surface area contributed by atoms with Gasteiger partial charge in [0.25, 0.3) is 0 Å². The van der Waals surface area contributed by atoms with Crippen molar-refractivity contribution >= 4 is 17.2 Å². The van der Waals surface area contributed by atoms with Crippen LogP contribution in [0.15, 0.2) is 6.20 Å². The van der Waals surface area contributed by atoms with Crippen molar-refractivity contribution in [1.29, 1.82) is 0 Å². The highest BCUT2D eigenvalue weighted by Crippen LogP contribution is 2.32. The summed E-state index contributed by atoms with van der Waals surface area (Å²) in [6.07, 6.45) is 4.25. The zero-order valence-electron chi connectivity index (χ0n) is 13.9. The molecule has 0 radical (unpaired) electrons.